The summed E-state index contributed by atoms with van der Waals surface area (Å²) < 4.78 is 5.52. The normalized spacial score (nSPS) is 13.1. The zero-order chi connectivity index (χ0) is 24.9. The molecule has 9 nitrogen and oxygen atoms in total. The molecule has 0 fully saturated rings. The number of likely N-dealkylation sites (N-methyl/N-ethyl adjacent to an activating group) is 1. The van der Waals surface area contributed by atoms with Crippen LogP contribution in [-0.2, 0) is 20.7 Å². The third-order valence-electron chi connectivity index (χ3n) is 5.63. The number of amides is 2. The second-order valence-corrected chi connectivity index (χ2v) is 9.35. The lowest BCUT2D eigenvalue weighted by Gasteiger charge is -2.18. The van der Waals surface area contributed by atoms with Gasteiger partial charge in [-0.15, -0.1) is 11.3 Å². The summed E-state index contributed by atoms with van der Waals surface area (Å²) in [5.74, 6) is -1.62. The number of ether oxygens (including phenoxy) is 1. The Bertz CT molecular complexity index is 1200. The minimum atomic E-state index is -1.11. The van der Waals surface area contributed by atoms with Crippen molar-refractivity contribution in [2.45, 2.75) is 18.4 Å². The first-order chi connectivity index (χ1) is 16.8. The van der Waals surface area contributed by atoms with Gasteiger partial charge in [-0.2, -0.15) is 0 Å². The fourth-order valence-electron chi connectivity index (χ4n) is 4.13. The summed E-state index contributed by atoms with van der Waals surface area (Å²) in [6.07, 6.45) is -0.728. The van der Waals surface area contributed by atoms with E-state index in [0.717, 1.165) is 33.6 Å². The number of carbonyl (C=O) groups excluding carboxylic acids is 2. The molecule has 35 heavy (non-hydrogen) atoms. The van der Waals surface area contributed by atoms with Crippen LogP contribution in [0.3, 0.4) is 0 Å². The second-order valence-electron chi connectivity index (χ2n) is 8.49. The average molecular weight is 495 g/mol. The molecule has 0 saturated carbocycles. The van der Waals surface area contributed by atoms with E-state index in [0.29, 0.717) is 10.8 Å². The molecule has 1 unspecified atom stereocenters. The van der Waals surface area contributed by atoms with E-state index < -0.39 is 24.0 Å². The fourth-order valence-corrected chi connectivity index (χ4v) is 4.82. The van der Waals surface area contributed by atoms with Crippen molar-refractivity contribution < 1.29 is 24.2 Å². The molecule has 4 rings (SSSR count). The summed E-state index contributed by atoms with van der Waals surface area (Å²) in [5.41, 5.74) is 4.97. The van der Waals surface area contributed by atoms with Gasteiger partial charge in [-0.1, -0.05) is 48.5 Å². The maximum atomic E-state index is 12.4. The quantitative estimate of drug-likeness (QED) is 0.418. The van der Waals surface area contributed by atoms with E-state index in [-0.39, 0.29) is 25.5 Å². The van der Waals surface area contributed by atoms with E-state index in [2.05, 4.69) is 27.8 Å². The molecule has 1 aliphatic rings. The van der Waals surface area contributed by atoms with Crippen molar-refractivity contribution in [3.63, 3.8) is 0 Å². The van der Waals surface area contributed by atoms with Crippen LogP contribution in [0.4, 0.5) is 9.93 Å². The zero-order valence-corrected chi connectivity index (χ0v) is 20.2. The number of fused-ring (bicyclic) bond motifs is 3. The molecular formula is C25H26N4O5S. The van der Waals surface area contributed by atoms with Gasteiger partial charge in [0.15, 0.2) is 5.13 Å². The predicted octanol–water partition coefficient (Wildman–Crippen LogP) is 3.18. The van der Waals surface area contributed by atoms with Gasteiger partial charge in [0.05, 0.1) is 12.1 Å². The summed E-state index contributed by atoms with van der Waals surface area (Å²) >= 11 is 1.16. The molecule has 3 aromatic rings. The summed E-state index contributed by atoms with van der Waals surface area (Å²) in [4.78, 5) is 41.9. The van der Waals surface area contributed by atoms with Crippen molar-refractivity contribution in [1.29, 1.82) is 0 Å². The molecule has 0 aliphatic heterocycles. The van der Waals surface area contributed by atoms with E-state index in [1.165, 1.54) is 0 Å². The van der Waals surface area contributed by atoms with E-state index in [9.17, 15) is 19.5 Å². The van der Waals surface area contributed by atoms with Gasteiger partial charge in [-0.05, 0) is 36.3 Å². The standard InChI is InChI=1S/C25H26N4O5S/c1-29(2)12-21(23(31)32)27-22(30)11-15-14-35-24(26-15)28-25(33)34-13-20-18-9-5-3-7-16(18)17-8-4-6-10-19(17)20/h3-10,14,20-21H,11-13H2,1-2H3,(H,27,30)(H,31,32)(H,26,28,33). The molecule has 1 aromatic heterocycles. The van der Waals surface area contributed by atoms with Gasteiger partial charge in [0.25, 0.3) is 0 Å². The first kappa shape index (κ1) is 24.4. The molecule has 0 saturated heterocycles. The van der Waals surface area contributed by atoms with Gasteiger partial charge in [-0.25, -0.2) is 14.6 Å². The third-order valence-corrected chi connectivity index (χ3v) is 6.43. The second kappa shape index (κ2) is 10.7. The van der Waals surface area contributed by atoms with Crippen LogP contribution >= 0.6 is 11.3 Å². The van der Waals surface area contributed by atoms with Crippen LogP contribution in [0.15, 0.2) is 53.9 Å². The highest BCUT2D eigenvalue weighted by molar-refractivity contribution is 7.13. The topological polar surface area (TPSA) is 121 Å². The lowest BCUT2D eigenvalue weighted by Crippen LogP contribution is -2.47. The Morgan fingerprint density at radius 1 is 1.09 bits per heavy atom. The molecular weight excluding hydrogens is 468 g/mol. The first-order valence-corrected chi connectivity index (χ1v) is 11.9. The van der Waals surface area contributed by atoms with Crippen LogP contribution in [0.1, 0.15) is 22.7 Å². The van der Waals surface area contributed by atoms with Crippen molar-refractivity contribution in [3.05, 3.63) is 70.7 Å². The highest BCUT2D eigenvalue weighted by atomic mass is 32.1. The molecule has 1 heterocycles. The summed E-state index contributed by atoms with van der Waals surface area (Å²) in [7, 11) is 3.45. The van der Waals surface area contributed by atoms with Gasteiger partial charge in [0, 0.05) is 17.8 Å². The number of carboxylic acids is 1. The van der Waals surface area contributed by atoms with Gasteiger partial charge in [-0.3, -0.25) is 10.1 Å². The van der Waals surface area contributed by atoms with Gasteiger partial charge in [0.1, 0.15) is 12.6 Å². The Morgan fingerprint density at radius 2 is 1.71 bits per heavy atom. The maximum absolute atomic E-state index is 12.4. The van der Waals surface area contributed by atoms with Gasteiger partial charge >= 0.3 is 12.1 Å². The number of aromatic nitrogens is 1. The van der Waals surface area contributed by atoms with Crippen molar-refractivity contribution in [2.75, 3.05) is 32.6 Å². The minimum Gasteiger partial charge on any atom is -0.480 e. The molecule has 182 valence electrons. The Kier molecular flexibility index (Phi) is 7.42. The van der Waals surface area contributed by atoms with Crippen molar-refractivity contribution in [2.24, 2.45) is 0 Å². The number of anilines is 1. The van der Waals surface area contributed by atoms with Crippen LogP contribution < -0.4 is 10.6 Å². The summed E-state index contributed by atoms with van der Waals surface area (Å²) in [6.45, 7) is 0.357. The number of hydrogen-bond acceptors (Lipinski definition) is 7. The van der Waals surface area contributed by atoms with E-state index in [1.54, 1.807) is 24.4 Å². The van der Waals surface area contributed by atoms with E-state index in [4.69, 9.17) is 4.74 Å². The molecule has 2 aromatic carbocycles. The molecule has 0 radical (unpaired) electrons. The van der Waals surface area contributed by atoms with Crippen LogP contribution in [0.2, 0.25) is 0 Å². The minimum absolute atomic E-state index is 0.0481. The lowest BCUT2D eigenvalue weighted by molar-refractivity contribution is -0.142. The third kappa shape index (κ3) is 5.84. The van der Waals surface area contributed by atoms with Crippen LogP contribution in [0.5, 0.6) is 0 Å². The highest BCUT2D eigenvalue weighted by Gasteiger charge is 2.29. The van der Waals surface area contributed by atoms with Crippen LogP contribution in [-0.4, -0.2) is 66.2 Å². The number of rotatable bonds is 9. The number of nitrogens with one attached hydrogen (secondary N) is 2. The van der Waals surface area contributed by atoms with E-state index >= 15 is 0 Å². The SMILES string of the molecule is CN(C)CC(NC(=O)Cc1csc(NC(=O)OCC2c3ccccc3-c3ccccc32)n1)C(=O)O. The number of aliphatic carboxylic acids is 1. The number of hydrogen-bond donors (Lipinski definition) is 3. The largest absolute Gasteiger partial charge is 0.480 e. The Hall–Kier alpha value is -3.76. The Morgan fingerprint density at radius 3 is 2.31 bits per heavy atom. The lowest BCUT2D eigenvalue weighted by atomic mass is 9.98. The molecule has 1 atom stereocenters. The summed E-state index contributed by atoms with van der Waals surface area (Å²) in [6, 6.07) is 15.2. The molecule has 1 aliphatic carbocycles. The molecule has 10 heteroatoms. The zero-order valence-electron chi connectivity index (χ0n) is 19.4. The van der Waals surface area contributed by atoms with Crippen molar-refractivity contribution in [3.8, 4) is 11.1 Å². The monoisotopic (exact) mass is 494 g/mol. The molecule has 0 bridgehead atoms. The number of carbonyl (C=O) groups is 3. The predicted molar refractivity (Wildman–Crippen MR) is 133 cm³/mol. The maximum Gasteiger partial charge on any atom is 0.413 e. The highest BCUT2D eigenvalue weighted by Crippen LogP contribution is 2.44. The van der Waals surface area contributed by atoms with Crippen LogP contribution in [0.25, 0.3) is 11.1 Å². The van der Waals surface area contributed by atoms with Gasteiger partial charge in [0.2, 0.25) is 5.91 Å². The van der Waals surface area contributed by atoms with Crippen molar-refractivity contribution >= 4 is 34.4 Å². The Labute approximate surface area is 206 Å². The van der Waals surface area contributed by atoms with Crippen LogP contribution in [0, 0.1) is 0 Å². The van der Waals surface area contributed by atoms with Crippen molar-refractivity contribution in [1.82, 2.24) is 15.2 Å². The van der Waals surface area contributed by atoms with E-state index in [1.807, 2.05) is 36.4 Å². The molecule has 0 spiro atoms. The molecule has 3 N–H and O–H groups in total. The number of benzene rings is 2. The first-order valence-electron chi connectivity index (χ1n) is 11.0. The number of nitrogens with zero attached hydrogens (tertiary/aromatic N) is 2. The smallest absolute Gasteiger partial charge is 0.413 e. The molecule has 2 amide bonds. The van der Waals surface area contributed by atoms with Gasteiger partial charge < -0.3 is 20.1 Å². The number of thiazole rings is 1. The number of carboxylic acid groups (broad SMARTS) is 1. The average Bonchev–Trinajstić information content (AvgIpc) is 3.38. The Balaban J connectivity index is 1.31. The fraction of sp³-hybridized carbons (Fsp3) is 0.280. The summed E-state index contributed by atoms with van der Waals surface area (Å²) in [5, 5.41) is 16.3.